The monoisotopic (exact) mass is 260 g/mol. The molecule has 0 atom stereocenters. The Hall–Kier alpha value is -2.04. The van der Waals surface area contributed by atoms with Gasteiger partial charge in [0.15, 0.2) is 5.82 Å². The van der Waals surface area contributed by atoms with Crippen molar-refractivity contribution in [3.63, 3.8) is 0 Å². The van der Waals surface area contributed by atoms with E-state index >= 15 is 0 Å². The van der Waals surface area contributed by atoms with E-state index in [1.54, 1.807) is 10.7 Å². The number of aryl methyl sites for hydroxylation is 2. The normalized spacial score (nSPS) is 11.0. The predicted octanol–water partition coefficient (Wildman–Crippen LogP) is 2.50. The zero-order chi connectivity index (χ0) is 14.0. The number of pyridine rings is 1. The maximum atomic E-state index is 5.88. The summed E-state index contributed by atoms with van der Waals surface area (Å²) in [6.07, 6.45) is 0. The summed E-state index contributed by atoms with van der Waals surface area (Å²) < 4.78 is 7.42. The van der Waals surface area contributed by atoms with Crippen LogP contribution in [0.5, 0.6) is 5.88 Å². The Morgan fingerprint density at radius 3 is 2.63 bits per heavy atom. The van der Waals surface area contributed by atoms with Gasteiger partial charge in [-0.15, -0.1) is 0 Å². The van der Waals surface area contributed by atoms with Crippen LogP contribution in [0.4, 0.5) is 5.69 Å². The average Bonchev–Trinajstić information content (AvgIpc) is 2.67. The lowest BCUT2D eigenvalue weighted by atomic mass is 10.2. The third-order valence-electron chi connectivity index (χ3n) is 2.65. The predicted molar refractivity (Wildman–Crippen MR) is 75.6 cm³/mol. The highest BCUT2D eigenvalue weighted by molar-refractivity contribution is 5.50. The quantitative estimate of drug-likeness (QED) is 0.917. The van der Waals surface area contributed by atoms with Crippen molar-refractivity contribution in [3.05, 3.63) is 29.6 Å². The van der Waals surface area contributed by atoms with Gasteiger partial charge in [0.2, 0.25) is 5.88 Å². The molecule has 0 spiro atoms. The summed E-state index contributed by atoms with van der Waals surface area (Å²) in [7, 11) is 0. The summed E-state index contributed by atoms with van der Waals surface area (Å²) in [5.41, 5.74) is 8.42. The Kier molecular flexibility index (Phi) is 3.74. The Bertz CT molecular complexity index is 575. The van der Waals surface area contributed by atoms with E-state index in [-0.39, 0.29) is 0 Å². The van der Waals surface area contributed by atoms with E-state index < -0.39 is 0 Å². The number of anilines is 1. The summed E-state index contributed by atoms with van der Waals surface area (Å²) in [5, 5.41) is 4.40. The Balaban J connectivity index is 2.32. The van der Waals surface area contributed by atoms with Crippen LogP contribution in [0.2, 0.25) is 0 Å². The fraction of sp³-hybridized carbons (Fsp3) is 0.429. The van der Waals surface area contributed by atoms with Gasteiger partial charge in [0.1, 0.15) is 0 Å². The molecule has 2 heterocycles. The van der Waals surface area contributed by atoms with E-state index in [4.69, 9.17) is 10.5 Å². The average molecular weight is 260 g/mol. The number of nitrogen functional groups attached to an aromatic ring is 1. The van der Waals surface area contributed by atoms with Crippen molar-refractivity contribution in [2.24, 2.45) is 5.92 Å². The summed E-state index contributed by atoms with van der Waals surface area (Å²) in [5.74, 6) is 1.62. The molecular weight excluding hydrogens is 240 g/mol. The van der Waals surface area contributed by atoms with Crippen LogP contribution in [-0.2, 0) is 0 Å². The van der Waals surface area contributed by atoms with Crippen molar-refractivity contribution < 1.29 is 4.74 Å². The molecule has 2 N–H and O–H groups in total. The van der Waals surface area contributed by atoms with Gasteiger partial charge in [-0.05, 0) is 38.0 Å². The van der Waals surface area contributed by atoms with Crippen molar-refractivity contribution in [2.45, 2.75) is 27.7 Å². The van der Waals surface area contributed by atoms with Crippen molar-refractivity contribution in [1.29, 1.82) is 0 Å². The van der Waals surface area contributed by atoms with Crippen molar-refractivity contribution >= 4 is 5.69 Å². The van der Waals surface area contributed by atoms with Crippen LogP contribution >= 0.6 is 0 Å². The van der Waals surface area contributed by atoms with Crippen LogP contribution in [0.1, 0.15) is 25.2 Å². The minimum atomic E-state index is 0.429. The molecule has 0 aliphatic heterocycles. The summed E-state index contributed by atoms with van der Waals surface area (Å²) in [6, 6.07) is 5.65. The minimum absolute atomic E-state index is 0.429. The van der Waals surface area contributed by atoms with Crippen molar-refractivity contribution in [3.8, 4) is 11.7 Å². The van der Waals surface area contributed by atoms with Gasteiger partial charge in [0.25, 0.3) is 0 Å². The van der Waals surface area contributed by atoms with Crippen LogP contribution in [-0.4, -0.2) is 21.4 Å². The first-order chi connectivity index (χ1) is 8.97. The first-order valence-electron chi connectivity index (χ1n) is 6.40. The van der Waals surface area contributed by atoms with Crippen molar-refractivity contribution in [1.82, 2.24) is 14.8 Å². The van der Waals surface area contributed by atoms with E-state index in [0.717, 1.165) is 17.2 Å². The van der Waals surface area contributed by atoms with Crippen LogP contribution in [0.25, 0.3) is 5.82 Å². The van der Waals surface area contributed by atoms with E-state index in [9.17, 15) is 0 Å². The van der Waals surface area contributed by atoms with E-state index in [0.29, 0.717) is 24.1 Å². The fourth-order valence-corrected chi connectivity index (χ4v) is 1.78. The zero-order valence-electron chi connectivity index (χ0n) is 11.8. The highest BCUT2D eigenvalue weighted by Gasteiger charge is 2.09. The Morgan fingerprint density at radius 1 is 1.32 bits per heavy atom. The molecule has 2 aromatic rings. The molecule has 2 aromatic heterocycles. The molecule has 0 bridgehead atoms. The molecule has 0 radical (unpaired) electrons. The van der Waals surface area contributed by atoms with Gasteiger partial charge in [-0.25, -0.2) is 4.68 Å². The summed E-state index contributed by atoms with van der Waals surface area (Å²) in [6.45, 7) is 8.71. The second-order valence-corrected chi connectivity index (χ2v) is 5.11. The van der Waals surface area contributed by atoms with Crippen LogP contribution in [0.3, 0.4) is 0 Å². The molecule has 0 unspecified atom stereocenters. The van der Waals surface area contributed by atoms with E-state index in [1.165, 1.54) is 0 Å². The maximum absolute atomic E-state index is 5.88. The molecular formula is C14H20N4O. The molecule has 0 aliphatic rings. The number of hydrogen-bond acceptors (Lipinski definition) is 4. The topological polar surface area (TPSA) is 66.0 Å². The molecule has 0 saturated carbocycles. The maximum Gasteiger partial charge on any atom is 0.239 e. The Morgan fingerprint density at radius 2 is 2.05 bits per heavy atom. The Labute approximate surface area is 113 Å². The SMILES string of the molecule is Cc1cc(C)n(-c2ccc(N)c(OCC(C)C)n2)n1. The number of ether oxygens (including phenoxy) is 1. The molecule has 0 aliphatic carbocycles. The summed E-state index contributed by atoms with van der Waals surface area (Å²) >= 11 is 0. The molecule has 0 saturated heterocycles. The number of nitrogens with two attached hydrogens (primary N) is 1. The molecule has 5 heteroatoms. The first-order valence-corrected chi connectivity index (χ1v) is 6.40. The van der Waals surface area contributed by atoms with Gasteiger partial charge < -0.3 is 10.5 Å². The smallest absolute Gasteiger partial charge is 0.239 e. The highest BCUT2D eigenvalue weighted by atomic mass is 16.5. The standard InChI is InChI=1S/C14H20N4O/c1-9(2)8-19-14-12(15)5-6-13(16-14)18-11(4)7-10(3)17-18/h5-7,9H,8,15H2,1-4H3. The number of hydrogen-bond donors (Lipinski definition) is 1. The third kappa shape index (κ3) is 3.05. The van der Waals surface area contributed by atoms with Gasteiger partial charge in [-0.1, -0.05) is 13.8 Å². The molecule has 5 nitrogen and oxygen atoms in total. The van der Waals surface area contributed by atoms with Crippen LogP contribution in [0, 0.1) is 19.8 Å². The highest BCUT2D eigenvalue weighted by Crippen LogP contribution is 2.21. The lowest BCUT2D eigenvalue weighted by Gasteiger charge is -2.11. The molecule has 102 valence electrons. The lowest BCUT2D eigenvalue weighted by molar-refractivity contribution is 0.262. The third-order valence-corrected chi connectivity index (χ3v) is 2.65. The fourth-order valence-electron chi connectivity index (χ4n) is 1.78. The molecule has 0 amide bonds. The zero-order valence-corrected chi connectivity index (χ0v) is 11.8. The van der Waals surface area contributed by atoms with Gasteiger partial charge in [-0.3, -0.25) is 0 Å². The second kappa shape index (κ2) is 5.30. The molecule has 0 fully saturated rings. The minimum Gasteiger partial charge on any atom is -0.476 e. The molecule has 2 rings (SSSR count). The van der Waals surface area contributed by atoms with Crippen LogP contribution < -0.4 is 10.5 Å². The largest absolute Gasteiger partial charge is 0.476 e. The molecule has 0 aromatic carbocycles. The van der Waals surface area contributed by atoms with Crippen molar-refractivity contribution in [2.75, 3.05) is 12.3 Å². The lowest BCUT2D eigenvalue weighted by Crippen LogP contribution is -2.10. The first kappa shape index (κ1) is 13.4. The molecule has 19 heavy (non-hydrogen) atoms. The van der Waals surface area contributed by atoms with E-state index in [2.05, 4.69) is 23.9 Å². The van der Waals surface area contributed by atoms with E-state index in [1.807, 2.05) is 26.0 Å². The second-order valence-electron chi connectivity index (χ2n) is 5.11. The number of aromatic nitrogens is 3. The van der Waals surface area contributed by atoms with Gasteiger partial charge in [-0.2, -0.15) is 10.1 Å². The number of nitrogens with zero attached hydrogens (tertiary/aromatic N) is 3. The van der Waals surface area contributed by atoms with Gasteiger partial charge in [0.05, 0.1) is 18.0 Å². The van der Waals surface area contributed by atoms with Gasteiger partial charge >= 0.3 is 0 Å². The number of rotatable bonds is 4. The summed E-state index contributed by atoms with van der Waals surface area (Å²) in [4.78, 5) is 4.44. The van der Waals surface area contributed by atoms with Gasteiger partial charge in [0, 0.05) is 5.69 Å². The van der Waals surface area contributed by atoms with Crippen LogP contribution in [0.15, 0.2) is 18.2 Å².